The lowest BCUT2D eigenvalue weighted by Crippen LogP contribution is -2.11. The maximum absolute atomic E-state index is 12.3. The number of benzene rings is 2. The highest BCUT2D eigenvalue weighted by molar-refractivity contribution is 6.30. The van der Waals surface area contributed by atoms with Crippen molar-refractivity contribution in [3.8, 4) is 11.3 Å². The minimum absolute atomic E-state index is 0.233. The molecule has 0 saturated carbocycles. The van der Waals surface area contributed by atoms with Crippen LogP contribution in [-0.4, -0.2) is 5.91 Å². The molecule has 3 aromatic rings. The highest BCUT2D eigenvalue weighted by atomic mass is 35.5. The van der Waals surface area contributed by atoms with Crippen LogP contribution in [0.2, 0.25) is 5.02 Å². The van der Waals surface area contributed by atoms with Gasteiger partial charge in [0.1, 0.15) is 5.76 Å². The van der Waals surface area contributed by atoms with Crippen molar-refractivity contribution in [1.29, 1.82) is 0 Å². The second kappa shape index (κ2) is 6.18. The Balaban J connectivity index is 1.81. The number of hydrogen-bond donors (Lipinski definition) is 2. The maximum atomic E-state index is 12.3. The molecular weight excluding hydrogens is 312 g/mol. The predicted octanol–water partition coefficient (Wildman–Crippen LogP) is 4.74. The summed E-state index contributed by atoms with van der Waals surface area (Å²) in [6.45, 7) is 1.88. The van der Waals surface area contributed by atoms with Crippen molar-refractivity contribution in [2.75, 3.05) is 11.1 Å². The van der Waals surface area contributed by atoms with E-state index in [0.717, 1.165) is 11.1 Å². The van der Waals surface area contributed by atoms with E-state index in [2.05, 4.69) is 5.32 Å². The molecule has 2 aromatic carbocycles. The first-order valence-corrected chi connectivity index (χ1v) is 7.44. The van der Waals surface area contributed by atoms with Crippen LogP contribution in [0.15, 0.2) is 59.0 Å². The molecule has 0 aliphatic heterocycles. The van der Waals surface area contributed by atoms with Gasteiger partial charge in [0.15, 0.2) is 5.76 Å². The highest BCUT2D eigenvalue weighted by Gasteiger charge is 2.13. The molecule has 5 heteroatoms. The van der Waals surface area contributed by atoms with Crippen LogP contribution in [0.5, 0.6) is 0 Å². The van der Waals surface area contributed by atoms with Gasteiger partial charge in [-0.15, -0.1) is 0 Å². The smallest absolute Gasteiger partial charge is 0.291 e. The largest absolute Gasteiger partial charge is 0.451 e. The quantitative estimate of drug-likeness (QED) is 0.683. The fraction of sp³-hybridized carbons (Fsp3) is 0.0556. The van der Waals surface area contributed by atoms with Crippen LogP contribution in [0.4, 0.5) is 11.4 Å². The van der Waals surface area contributed by atoms with Gasteiger partial charge in [-0.3, -0.25) is 4.79 Å². The number of furan rings is 1. The number of aryl methyl sites for hydroxylation is 1. The lowest BCUT2D eigenvalue weighted by molar-refractivity contribution is 0.0997. The van der Waals surface area contributed by atoms with Gasteiger partial charge < -0.3 is 15.5 Å². The normalized spacial score (nSPS) is 10.5. The monoisotopic (exact) mass is 326 g/mol. The third kappa shape index (κ3) is 3.38. The average Bonchev–Trinajstić information content (AvgIpc) is 3.00. The number of amides is 1. The summed E-state index contributed by atoms with van der Waals surface area (Å²) in [6.07, 6.45) is 0. The molecule has 0 aliphatic carbocycles. The Kier molecular flexibility index (Phi) is 4.08. The molecule has 3 N–H and O–H groups in total. The van der Waals surface area contributed by atoms with Crippen LogP contribution >= 0.6 is 11.6 Å². The third-order valence-electron chi connectivity index (χ3n) is 3.44. The molecular formula is C18H15ClN2O2. The molecule has 23 heavy (non-hydrogen) atoms. The van der Waals surface area contributed by atoms with Crippen molar-refractivity contribution in [3.05, 3.63) is 70.9 Å². The number of nitrogens with one attached hydrogen (secondary N) is 1. The van der Waals surface area contributed by atoms with E-state index in [1.54, 1.807) is 42.5 Å². The van der Waals surface area contributed by atoms with Crippen molar-refractivity contribution in [2.45, 2.75) is 6.92 Å². The van der Waals surface area contributed by atoms with Gasteiger partial charge in [-0.05, 0) is 55.0 Å². The third-order valence-corrected chi connectivity index (χ3v) is 3.67. The van der Waals surface area contributed by atoms with Crippen LogP contribution < -0.4 is 11.1 Å². The van der Waals surface area contributed by atoms with Gasteiger partial charge in [-0.2, -0.15) is 0 Å². The summed E-state index contributed by atoms with van der Waals surface area (Å²) in [5, 5.41) is 3.43. The first kappa shape index (κ1) is 15.2. The van der Waals surface area contributed by atoms with Gasteiger partial charge >= 0.3 is 0 Å². The molecule has 1 aromatic heterocycles. The van der Waals surface area contributed by atoms with E-state index in [1.165, 1.54) is 0 Å². The molecule has 1 amide bonds. The summed E-state index contributed by atoms with van der Waals surface area (Å²) in [4.78, 5) is 12.3. The van der Waals surface area contributed by atoms with Crippen molar-refractivity contribution in [2.24, 2.45) is 0 Å². The summed E-state index contributed by atoms with van der Waals surface area (Å²) in [7, 11) is 0. The van der Waals surface area contributed by atoms with Crippen molar-refractivity contribution in [1.82, 2.24) is 0 Å². The van der Waals surface area contributed by atoms with Gasteiger partial charge in [0.05, 0.1) is 0 Å². The number of carbonyl (C=O) groups excluding carboxylic acids is 1. The second-order valence-corrected chi connectivity index (χ2v) is 5.64. The molecule has 0 aliphatic rings. The van der Waals surface area contributed by atoms with E-state index in [4.69, 9.17) is 21.8 Å². The highest BCUT2D eigenvalue weighted by Crippen LogP contribution is 2.25. The topological polar surface area (TPSA) is 68.3 Å². The Bertz CT molecular complexity index is 871. The first-order chi connectivity index (χ1) is 11.0. The molecule has 0 radical (unpaired) electrons. The van der Waals surface area contributed by atoms with Crippen LogP contribution in [0.3, 0.4) is 0 Å². The van der Waals surface area contributed by atoms with Gasteiger partial charge in [-0.25, -0.2) is 0 Å². The van der Waals surface area contributed by atoms with E-state index in [9.17, 15) is 4.79 Å². The lowest BCUT2D eigenvalue weighted by Gasteiger charge is -2.07. The Hall–Kier alpha value is -2.72. The number of halogens is 1. The molecule has 0 saturated heterocycles. The average molecular weight is 327 g/mol. The zero-order valence-corrected chi connectivity index (χ0v) is 13.2. The zero-order chi connectivity index (χ0) is 16.4. The molecule has 1 heterocycles. The molecule has 0 spiro atoms. The Labute approximate surface area is 138 Å². The molecule has 116 valence electrons. The van der Waals surface area contributed by atoms with Gasteiger partial charge in [0.25, 0.3) is 5.91 Å². The van der Waals surface area contributed by atoms with Gasteiger partial charge in [-0.1, -0.05) is 23.7 Å². The van der Waals surface area contributed by atoms with E-state index in [-0.39, 0.29) is 11.7 Å². The summed E-state index contributed by atoms with van der Waals surface area (Å²) in [5.74, 6) is 0.508. The van der Waals surface area contributed by atoms with Gasteiger partial charge in [0.2, 0.25) is 0 Å². The number of carbonyl (C=O) groups is 1. The number of nitrogen functional groups attached to an aromatic ring is 1. The van der Waals surface area contributed by atoms with Crippen molar-refractivity contribution >= 4 is 28.9 Å². The summed E-state index contributed by atoms with van der Waals surface area (Å²) >= 11 is 5.97. The molecule has 0 unspecified atom stereocenters. The zero-order valence-electron chi connectivity index (χ0n) is 12.5. The molecule has 4 nitrogen and oxygen atoms in total. The van der Waals surface area contributed by atoms with E-state index < -0.39 is 0 Å². The Morgan fingerprint density at radius 1 is 1.13 bits per heavy atom. The Morgan fingerprint density at radius 2 is 1.96 bits per heavy atom. The molecule has 3 rings (SSSR count). The Morgan fingerprint density at radius 3 is 2.70 bits per heavy atom. The number of anilines is 2. The SMILES string of the molecule is Cc1cc(N)ccc1NC(=O)c1ccc(-c2cccc(Cl)c2)o1. The molecule has 0 bridgehead atoms. The fourth-order valence-electron chi connectivity index (χ4n) is 2.27. The van der Waals surface area contributed by atoms with Gasteiger partial charge in [0, 0.05) is 22.0 Å². The summed E-state index contributed by atoms with van der Waals surface area (Å²) in [5.41, 5.74) is 8.77. The minimum Gasteiger partial charge on any atom is -0.451 e. The fourth-order valence-corrected chi connectivity index (χ4v) is 2.46. The van der Waals surface area contributed by atoms with E-state index in [1.807, 2.05) is 19.1 Å². The van der Waals surface area contributed by atoms with Crippen molar-refractivity contribution < 1.29 is 9.21 Å². The number of hydrogen-bond acceptors (Lipinski definition) is 3. The molecule has 0 atom stereocenters. The van der Waals surface area contributed by atoms with Crippen LogP contribution in [0.1, 0.15) is 16.1 Å². The second-order valence-electron chi connectivity index (χ2n) is 5.20. The van der Waals surface area contributed by atoms with Crippen LogP contribution in [0, 0.1) is 6.92 Å². The van der Waals surface area contributed by atoms with E-state index >= 15 is 0 Å². The standard InChI is InChI=1S/C18H15ClN2O2/c1-11-9-14(20)5-6-15(11)21-18(22)17-8-7-16(23-17)12-3-2-4-13(19)10-12/h2-10H,20H2,1H3,(H,21,22). The minimum atomic E-state index is -0.314. The van der Waals surface area contributed by atoms with Crippen LogP contribution in [0.25, 0.3) is 11.3 Å². The van der Waals surface area contributed by atoms with E-state index in [0.29, 0.717) is 22.2 Å². The summed E-state index contributed by atoms with van der Waals surface area (Å²) < 4.78 is 5.63. The van der Waals surface area contributed by atoms with Crippen molar-refractivity contribution in [3.63, 3.8) is 0 Å². The van der Waals surface area contributed by atoms with Crippen LogP contribution in [-0.2, 0) is 0 Å². The molecule has 0 fully saturated rings. The maximum Gasteiger partial charge on any atom is 0.291 e. The number of nitrogens with two attached hydrogens (primary N) is 1. The first-order valence-electron chi connectivity index (χ1n) is 7.06. The lowest BCUT2D eigenvalue weighted by atomic mass is 10.2. The predicted molar refractivity (Wildman–Crippen MR) is 92.7 cm³/mol. The number of rotatable bonds is 3. The summed E-state index contributed by atoms with van der Waals surface area (Å²) in [6, 6.07) is 16.0.